The molecule has 2 aromatic rings. The molecule has 1 aliphatic rings. The molecule has 0 amide bonds. The number of aromatic nitrogens is 3. The average Bonchev–Trinajstić information content (AvgIpc) is 2.91. The van der Waals surface area contributed by atoms with Gasteiger partial charge in [0.25, 0.3) is 0 Å². The molecule has 0 spiro atoms. The zero-order chi connectivity index (χ0) is 19.0. The van der Waals surface area contributed by atoms with E-state index in [0.29, 0.717) is 0 Å². The highest BCUT2D eigenvalue weighted by molar-refractivity contribution is 5.32. The summed E-state index contributed by atoms with van der Waals surface area (Å²) < 4.78 is 26.5. The van der Waals surface area contributed by atoms with Crippen LogP contribution in [0.3, 0.4) is 0 Å². The van der Waals surface area contributed by atoms with E-state index in [1.165, 1.54) is 12.4 Å². The predicted octanol–water partition coefficient (Wildman–Crippen LogP) is 0.612. The van der Waals surface area contributed by atoms with E-state index in [-0.39, 0.29) is 23.8 Å². The number of halogens is 2. The number of anilines is 1. The quantitative estimate of drug-likeness (QED) is 0.682. The Hall–Kier alpha value is -2.36. The SMILES string of the molecule is [CH2+]c1ncnc(N(C)[C@@H]2C[C@H]([C@H](O)c3ccc(F)c(F)c3)[C@@H](O)[C@H]2O)n1. The Labute approximate surface area is 149 Å². The molecule has 138 valence electrons. The molecule has 0 unspecified atom stereocenters. The van der Waals surface area contributed by atoms with Crippen LogP contribution in [0.4, 0.5) is 14.7 Å². The van der Waals surface area contributed by atoms with Gasteiger partial charge in [0.1, 0.15) is 19.4 Å². The summed E-state index contributed by atoms with van der Waals surface area (Å²) in [7, 11) is 1.64. The molecule has 0 saturated heterocycles. The second-order valence-electron chi connectivity index (χ2n) is 6.38. The van der Waals surface area contributed by atoms with E-state index in [2.05, 4.69) is 21.9 Å². The summed E-state index contributed by atoms with van der Waals surface area (Å²) in [4.78, 5) is 13.5. The third kappa shape index (κ3) is 3.33. The Kier molecular flexibility index (Phi) is 5.03. The lowest BCUT2D eigenvalue weighted by molar-refractivity contribution is -0.0232. The van der Waals surface area contributed by atoms with E-state index in [1.807, 2.05) is 0 Å². The molecule has 26 heavy (non-hydrogen) atoms. The highest BCUT2D eigenvalue weighted by Crippen LogP contribution is 2.39. The van der Waals surface area contributed by atoms with Gasteiger partial charge in [-0.15, -0.1) is 0 Å². The molecular weight excluding hydrogens is 346 g/mol. The van der Waals surface area contributed by atoms with Crippen LogP contribution in [-0.2, 0) is 0 Å². The van der Waals surface area contributed by atoms with Crippen molar-refractivity contribution in [1.29, 1.82) is 0 Å². The number of rotatable bonds is 4. The van der Waals surface area contributed by atoms with Gasteiger partial charge in [-0.1, -0.05) is 6.07 Å². The zero-order valence-corrected chi connectivity index (χ0v) is 14.0. The zero-order valence-electron chi connectivity index (χ0n) is 14.0. The Morgan fingerprint density at radius 1 is 1.19 bits per heavy atom. The highest BCUT2D eigenvalue weighted by Gasteiger charge is 2.47. The van der Waals surface area contributed by atoms with Crippen LogP contribution in [0.1, 0.15) is 23.9 Å². The van der Waals surface area contributed by atoms with Gasteiger partial charge in [-0.3, -0.25) is 0 Å². The number of likely N-dealkylation sites (N-methyl/N-ethyl adjacent to an activating group) is 1. The molecule has 0 aliphatic heterocycles. The van der Waals surface area contributed by atoms with Crippen molar-refractivity contribution in [3.63, 3.8) is 0 Å². The van der Waals surface area contributed by atoms with Gasteiger partial charge in [0.2, 0.25) is 5.95 Å². The summed E-state index contributed by atoms with van der Waals surface area (Å²) in [5, 5.41) is 31.3. The van der Waals surface area contributed by atoms with Crippen LogP contribution < -0.4 is 4.90 Å². The number of nitrogens with zero attached hydrogens (tertiary/aromatic N) is 4. The van der Waals surface area contributed by atoms with Crippen molar-refractivity contribution in [2.45, 2.75) is 30.8 Å². The summed E-state index contributed by atoms with van der Waals surface area (Å²) in [5.41, 5.74) is 0.128. The van der Waals surface area contributed by atoms with E-state index >= 15 is 0 Å². The first-order valence-electron chi connectivity index (χ1n) is 8.02. The van der Waals surface area contributed by atoms with Crippen LogP contribution in [0.2, 0.25) is 0 Å². The Balaban J connectivity index is 1.81. The van der Waals surface area contributed by atoms with Crippen molar-refractivity contribution in [1.82, 2.24) is 15.0 Å². The molecule has 1 aliphatic carbocycles. The minimum absolute atomic E-state index is 0.128. The smallest absolute Gasteiger partial charge is 0.319 e. The fraction of sp³-hybridized carbons (Fsp3) is 0.412. The number of hydrogen-bond donors (Lipinski definition) is 3. The fourth-order valence-corrected chi connectivity index (χ4v) is 3.32. The normalized spacial score (nSPS) is 26.7. The van der Waals surface area contributed by atoms with Gasteiger partial charge in [0, 0.05) is 13.0 Å². The minimum Gasteiger partial charge on any atom is -0.390 e. The Morgan fingerprint density at radius 3 is 2.58 bits per heavy atom. The first kappa shape index (κ1) is 18.4. The summed E-state index contributed by atoms with van der Waals surface area (Å²) in [6.45, 7) is 3.62. The summed E-state index contributed by atoms with van der Waals surface area (Å²) in [6, 6.07) is 2.46. The monoisotopic (exact) mass is 365 g/mol. The molecule has 0 radical (unpaired) electrons. The lowest BCUT2D eigenvalue weighted by Crippen LogP contribution is -2.42. The second-order valence-corrected chi connectivity index (χ2v) is 6.38. The maximum absolute atomic E-state index is 13.4. The van der Waals surface area contributed by atoms with Crippen molar-refractivity contribution in [3.05, 3.63) is 54.5 Å². The average molecular weight is 365 g/mol. The van der Waals surface area contributed by atoms with Gasteiger partial charge >= 0.3 is 5.82 Å². The number of hydrogen-bond acceptors (Lipinski definition) is 7. The van der Waals surface area contributed by atoms with Crippen molar-refractivity contribution in [2.24, 2.45) is 5.92 Å². The van der Waals surface area contributed by atoms with Gasteiger partial charge in [-0.2, -0.15) is 9.97 Å². The molecule has 1 heterocycles. The first-order valence-corrected chi connectivity index (χ1v) is 8.02. The van der Waals surface area contributed by atoms with Gasteiger partial charge < -0.3 is 20.2 Å². The molecule has 7 nitrogen and oxygen atoms in total. The van der Waals surface area contributed by atoms with Crippen LogP contribution >= 0.6 is 0 Å². The number of benzene rings is 1. The van der Waals surface area contributed by atoms with Gasteiger partial charge in [0.05, 0.1) is 18.2 Å². The lowest BCUT2D eigenvalue weighted by atomic mass is 9.92. The fourth-order valence-electron chi connectivity index (χ4n) is 3.32. The maximum Gasteiger partial charge on any atom is 0.319 e. The van der Waals surface area contributed by atoms with E-state index < -0.39 is 41.9 Å². The molecule has 0 bridgehead atoms. The van der Waals surface area contributed by atoms with Crippen molar-refractivity contribution < 1.29 is 24.1 Å². The first-order chi connectivity index (χ1) is 12.3. The Bertz CT molecular complexity index is 794. The molecule has 1 saturated carbocycles. The van der Waals surface area contributed by atoms with Gasteiger partial charge in [-0.05, 0) is 24.1 Å². The van der Waals surface area contributed by atoms with Gasteiger partial charge in [-0.25, -0.2) is 13.8 Å². The van der Waals surface area contributed by atoms with Crippen LogP contribution in [0.5, 0.6) is 0 Å². The van der Waals surface area contributed by atoms with E-state index in [0.717, 1.165) is 12.1 Å². The lowest BCUT2D eigenvalue weighted by Gasteiger charge is -2.27. The highest BCUT2D eigenvalue weighted by atomic mass is 19.2. The molecule has 3 N–H and O–H groups in total. The summed E-state index contributed by atoms with van der Waals surface area (Å²) in [6.07, 6.45) is -2.24. The third-order valence-electron chi connectivity index (χ3n) is 4.81. The molecule has 5 atom stereocenters. The van der Waals surface area contributed by atoms with Crippen molar-refractivity contribution in [2.75, 3.05) is 11.9 Å². The van der Waals surface area contributed by atoms with Crippen LogP contribution in [0.15, 0.2) is 24.5 Å². The second kappa shape index (κ2) is 7.10. The van der Waals surface area contributed by atoms with E-state index in [4.69, 9.17) is 0 Å². The van der Waals surface area contributed by atoms with Crippen molar-refractivity contribution in [3.8, 4) is 0 Å². The van der Waals surface area contributed by atoms with Gasteiger partial charge in [0.15, 0.2) is 11.6 Å². The predicted molar refractivity (Wildman–Crippen MR) is 87.9 cm³/mol. The van der Waals surface area contributed by atoms with Crippen molar-refractivity contribution >= 4 is 5.95 Å². The molecular formula is C17H19F2N4O3+. The largest absolute Gasteiger partial charge is 0.390 e. The van der Waals surface area contributed by atoms with E-state index in [9.17, 15) is 24.1 Å². The summed E-state index contributed by atoms with van der Waals surface area (Å²) >= 11 is 0. The van der Waals surface area contributed by atoms with Crippen LogP contribution in [-0.4, -0.2) is 55.6 Å². The van der Waals surface area contributed by atoms with Crippen LogP contribution in [0, 0.1) is 24.5 Å². The minimum atomic E-state index is -1.27. The molecule has 3 rings (SSSR count). The standard InChI is InChI=1S/C17H19F2N4O3/c1-8-20-7-21-17(22-8)23(2)13-6-10(15(25)16(13)26)14(24)9-3-4-11(18)12(19)5-9/h3-5,7,10,13-16,24-26H,1,6H2,2H3/q+1/t10-,13-,14-,15-,16+/m1/s1. The molecule has 1 fully saturated rings. The number of aliphatic hydroxyl groups is 3. The topological polar surface area (TPSA) is 103 Å². The molecule has 1 aromatic carbocycles. The maximum atomic E-state index is 13.4. The van der Waals surface area contributed by atoms with Crippen LogP contribution in [0.25, 0.3) is 0 Å². The molecule has 9 heteroatoms. The third-order valence-corrected chi connectivity index (χ3v) is 4.81. The summed E-state index contributed by atoms with van der Waals surface area (Å²) in [5.74, 6) is -2.36. The number of aliphatic hydroxyl groups excluding tert-OH is 3. The van der Waals surface area contributed by atoms with E-state index in [1.54, 1.807) is 11.9 Å². The Morgan fingerprint density at radius 2 is 1.92 bits per heavy atom. The molecule has 1 aromatic heterocycles.